The summed E-state index contributed by atoms with van der Waals surface area (Å²) in [5, 5.41) is 2.99. The smallest absolute Gasteiger partial charge is 0.224 e. The van der Waals surface area contributed by atoms with Crippen molar-refractivity contribution in [1.82, 2.24) is 9.97 Å². The van der Waals surface area contributed by atoms with E-state index >= 15 is 0 Å². The Balaban J connectivity index is 2.30. The summed E-state index contributed by atoms with van der Waals surface area (Å²) in [5.74, 6) is 2.81. The molecule has 4 nitrogen and oxygen atoms in total. The highest BCUT2D eigenvalue weighted by Gasteiger charge is 2.05. The van der Waals surface area contributed by atoms with Gasteiger partial charge in [0.15, 0.2) is 0 Å². The second-order valence-electron chi connectivity index (χ2n) is 4.26. The third-order valence-corrected chi connectivity index (χ3v) is 2.62. The van der Waals surface area contributed by atoms with E-state index in [1.165, 1.54) is 5.56 Å². The van der Waals surface area contributed by atoms with Crippen LogP contribution in [0.25, 0.3) is 0 Å². The highest BCUT2D eigenvalue weighted by molar-refractivity contribution is 5.42. The molecular weight excluding hydrogens is 226 g/mol. The molecule has 0 aliphatic carbocycles. The topological polar surface area (TPSA) is 47.0 Å². The van der Waals surface area contributed by atoms with Gasteiger partial charge >= 0.3 is 0 Å². The maximum absolute atomic E-state index is 5.80. The van der Waals surface area contributed by atoms with Gasteiger partial charge in [0.05, 0.1) is 0 Å². The van der Waals surface area contributed by atoms with Crippen LogP contribution in [0.1, 0.15) is 17.0 Å². The van der Waals surface area contributed by atoms with Crippen molar-refractivity contribution >= 4 is 5.82 Å². The lowest BCUT2D eigenvalue weighted by molar-refractivity contribution is 0.456. The minimum atomic E-state index is 0.554. The normalized spacial score (nSPS) is 10.2. The number of hydrogen-bond donors (Lipinski definition) is 1. The molecule has 4 heteroatoms. The second kappa shape index (κ2) is 5.04. The van der Waals surface area contributed by atoms with E-state index < -0.39 is 0 Å². The fourth-order valence-corrected chi connectivity index (χ4v) is 1.75. The van der Waals surface area contributed by atoms with Crippen molar-refractivity contribution in [3.63, 3.8) is 0 Å². The second-order valence-corrected chi connectivity index (χ2v) is 4.26. The van der Waals surface area contributed by atoms with Crippen LogP contribution in [0, 0.1) is 20.8 Å². The number of hydrogen-bond acceptors (Lipinski definition) is 4. The molecule has 0 aliphatic heterocycles. The predicted molar refractivity (Wildman–Crippen MR) is 72.3 cm³/mol. The highest BCUT2D eigenvalue weighted by Crippen LogP contribution is 2.25. The molecule has 0 saturated heterocycles. The Bertz CT molecular complexity index is 567. The molecule has 0 amide bonds. The molecule has 0 atom stereocenters. The van der Waals surface area contributed by atoms with E-state index in [2.05, 4.69) is 28.3 Å². The van der Waals surface area contributed by atoms with Gasteiger partial charge in [-0.05, 0) is 32.4 Å². The molecule has 2 rings (SSSR count). The molecule has 1 aromatic heterocycles. The van der Waals surface area contributed by atoms with Crippen molar-refractivity contribution in [2.75, 3.05) is 12.4 Å². The molecule has 0 aliphatic rings. The average Bonchev–Trinajstić information content (AvgIpc) is 2.32. The summed E-state index contributed by atoms with van der Waals surface area (Å²) in [7, 11) is 1.82. The molecule has 1 heterocycles. The first-order valence-corrected chi connectivity index (χ1v) is 5.87. The van der Waals surface area contributed by atoms with Gasteiger partial charge in [0.1, 0.15) is 17.4 Å². The standard InChI is InChI=1S/C14H17N3O/c1-9-5-6-12(10(2)7-9)18-14-8-13(15-4)16-11(3)17-14/h5-8H,1-4H3,(H,15,16,17). The Morgan fingerprint density at radius 2 is 1.83 bits per heavy atom. The molecule has 94 valence electrons. The Labute approximate surface area is 107 Å². The predicted octanol–water partition coefficient (Wildman–Crippen LogP) is 3.24. The number of anilines is 1. The van der Waals surface area contributed by atoms with Crippen molar-refractivity contribution in [1.29, 1.82) is 0 Å². The minimum absolute atomic E-state index is 0.554. The Morgan fingerprint density at radius 1 is 1.06 bits per heavy atom. The highest BCUT2D eigenvalue weighted by atomic mass is 16.5. The third-order valence-electron chi connectivity index (χ3n) is 2.62. The van der Waals surface area contributed by atoms with E-state index in [1.807, 2.05) is 33.0 Å². The quantitative estimate of drug-likeness (QED) is 0.899. The molecule has 18 heavy (non-hydrogen) atoms. The number of rotatable bonds is 3. The summed E-state index contributed by atoms with van der Waals surface area (Å²) >= 11 is 0. The zero-order chi connectivity index (χ0) is 13.1. The summed E-state index contributed by atoms with van der Waals surface area (Å²) in [6.07, 6.45) is 0. The first-order chi connectivity index (χ1) is 8.58. The Kier molecular flexibility index (Phi) is 3.46. The van der Waals surface area contributed by atoms with E-state index in [0.29, 0.717) is 11.7 Å². The molecular formula is C14H17N3O. The molecule has 0 radical (unpaired) electrons. The van der Waals surface area contributed by atoms with Crippen LogP contribution < -0.4 is 10.1 Å². The van der Waals surface area contributed by atoms with Gasteiger partial charge in [-0.25, -0.2) is 4.98 Å². The van der Waals surface area contributed by atoms with Gasteiger partial charge in [0.25, 0.3) is 0 Å². The van der Waals surface area contributed by atoms with Gasteiger partial charge in [0.2, 0.25) is 5.88 Å². The largest absolute Gasteiger partial charge is 0.439 e. The monoisotopic (exact) mass is 243 g/mol. The summed E-state index contributed by atoms with van der Waals surface area (Å²) in [5.41, 5.74) is 2.31. The van der Waals surface area contributed by atoms with Crippen molar-refractivity contribution < 1.29 is 4.74 Å². The number of nitrogens with zero attached hydrogens (tertiary/aromatic N) is 2. The summed E-state index contributed by atoms with van der Waals surface area (Å²) in [6.45, 7) is 5.93. The van der Waals surface area contributed by atoms with E-state index in [0.717, 1.165) is 17.1 Å². The minimum Gasteiger partial charge on any atom is -0.439 e. The van der Waals surface area contributed by atoms with Crippen LogP contribution in [0.4, 0.5) is 5.82 Å². The van der Waals surface area contributed by atoms with Crippen LogP contribution in [0.5, 0.6) is 11.6 Å². The van der Waals surface area contributed by atoms with Gasteiger partial charge in [0, 0.05) is 13.1 Å². The fourth-order valence-electron chi connectivity index (χ4n) is 1.75. The van der Waals surface area contributed by atoms with Gasteiger partial charge in [-0.15, -0.1) is 0 Å². The SMILES string of the molecule is CNc1cc(Oc2ccc(C)cc2C)nc(C)n1. The van der Waals surface area contributed by atoms with Crippen LogP contribution in [-0.4, -0.2) is 17.0 Å². The molecule has 1 N–H and O–H groups in total. The molecule has 0 fully saturated rings. The van der Waals surface area contributed by atoms with Crippen LogP contribution in [0.15, 0.2) is 24.3 Å². The average molecular weight is 243 g/mol. The van der Waals surface area contributed by atoms with Crippen molar-refractivity contribution in [2.24, 2.45) is 0 Å². The maximum Gasteiger partial charge on any atom is 0.224 e. The lowest BCUT2D eigenvalue weighted by Gasteiger charge is -2.10. The van der Waals surface area contributed by atoms with E-state index in [-0.39, 0.29) is 0 Å². The zero-order valence-electron chi connectivity index (χ0n) is 11.1. The summed E-state index contributed by atoms with van der Waals surface area (Å²) in [4.78, 5) is 8.50. The first kappa shape index (κ1) is 12.4. The number of aromatic nitrogens is 2. The third kappa shape index (κ3) is 2.77. The van der Waals surface area contributed by atoms with Crippen LogP contribution in [0.3, 0.4) is 0 Å². The van der Waals surface area contributed by atoms with Gasteiger partial charge in [-0.2, -0.15) is 4.98 Å². The van der Waals surface area contributed by atoms with Crippen LogP contribution in [0.2, 0.25) is 0 Å². The number of aryl methyl sites for hydroxylation is 3. The molecule has 1 aromatic carbocycles. The molecule has 0 unspecified atom stereocenters. The van der Waals surface area contributed by atoms with Crippen molar-refractivity contribution in [3.05, 3.63) is 41.2 Å². The molecule has 0 bridgehead atoms. The number of benzene rings is 1. The molecule has 2 aromatic rings. The van der Waals surface area contributed by atoms with E-state index in [4.69, 9.17) is 4.74 Å². The molecule has 0 spiro atoms. The van der Waals surface area contributed by atoms with E-state index in [1.54, 1.807) is 6.07 Å². The Morgan fingerprint density at radius 3 is 2.50 bits per heavy atom. The lowest BCUT2D eigenvalue weighted by Crippen LogP contribution is -1.99. The van der Waals surface area contributed by atoms with Crippen LogP contribution >= 0.6 is 0 Å². The number of nitrogens with one attached hydrogen (secondary N) is 1. The molecule has 0 saturated carbocycles. The van der Waals surface area contributed by atoms with Gasteiger partial charge in [-0.3, -0.25) is 0 Å². The maximum atomic E-state index is 5.80. The van der Waals surface area contributed by atoms with Crippen molar-refractivity contribution in [2.45, 2.75) is 20.8 Å². The fraction of sp³-hybridized carbons (Fsp3) is 0.286. The Hall–Kier alpha value is -2.10. The zero-order valence-corrected chi connectivity index (χ0v) is 11.1. The first-order valence-electron chi connectivity index (χ1n) is 5.87. The van der Waals surface area contributed by atoms with Gasteiger partial charge in [-0.1, -0.05) is 17.7 Å². The summed E-state index contributed by atoms with van der Waals surface area (Å²) in [6, 6.07) is 7.85. The van der Waals surface area contributed by atoms with E-state index in [9.17, 15) is 0 Å². The van der Waals surface area contributed by atoms with Crippen LogP contribution in [-0.2, 0) is 0 Å². The number of ether oxygens (including phenoxy) is 1. The summed E-state index contributed by atoms with van der Waals surface area (Å²) < 4.78 is 5.80. The lowest BCUT2D eigenvalue weighted by atomic mass is 10.1. The van der Waals surface area contributed by atoms with Crippen molar-refractivity contribution in [3.8, 4) is 11.6 Å². The van der Waals surface area contributed by atoms with Gasteiger partial charge < -0.3 is 10.1 Å².